The van der Waals surface area contributed by atoms with Gasteiger partial charge in [0.25, 0.3) is 5.91 Å². The van der Waals surface area contributed by atoms with Gasteiger partial charge in [-0.2, -0.15) is 0 Å². The lowest BCUT2D eigenvalue weighted by Crippen LogP contribution is -2.52. The van der Waals surface area contributed by atoms with Crippen molar-refractivity contribution in [1.82, 2.24) is 9.29 Å². The molecule has 1 aliphatic rings. The summed E-state index contributed by atoms with van der Waals surface area (Å²) in [6.07, 6.45) is 1.11. The van der Waals surface area contributed by atoms with Gasteiger partial charge in [-0.05, 0) is 38.1 Å². The van der Waals surface area contributed by atoms with Crippen molar-refractivity contribution in [1.29, 1.82) is 0 Å². The number of amides is 1. The molecular formula is C18H18ClF2N5O3S. The molecule has 1 aromatic carbocycles. The molecule has 0 bridgehead atoms. The zero-order chi connectivity index (χ0) is 22.3. The minimum Gasteiger partial charge on any atom is -0.369 e. The van der Waals surface area contributed by atoms with Crippen molar-refractivity contribution in [3.8, 4) is 0 Å². The number of nitrogens with zero attached hydrogens (tertiary/aromatic N) is 3. The molecule has 12 heteroatoms. The fraction of sp³-hybridized carbons (Fsp3) is 0.278. The maximum atomic E-state index is 14.6. The number of pyridine rings is 1. The third kappa shape index (κ3) is 4.08. The summed E-state index contributed by atoms with van der Waals surface area (Å²) in [6, 6.07) is 4.46. The van der Waals surface area contributed by atoms with E-state index < -0.39 is 44.6 Å². The van der Waals surface area contributed by atoms with E-state index in [1.807, 2.05) is 0 Å². The number of carbonyl (C=O) groups excluding carboxylic acids is 1. The third-order valence-corrected chi connectivity index (χ3v) is 6.78. The Balaban J connectivity index is 1.98. The van der Waals surface area contributed by atoms with Gasteiger partial charge in [-0.3, -0.25) is 4.79 Å². The molecule has 0 saturated carbocycles. The van der Waals surface area contributed by atoms with Gasteiger partial charge in [-0.15, -0.1) is 0 Å². The predicted octanol–water partition coefficient (Wildman–Crippen LogP) is 2.46. The number of carbonyl (C=O) groups is 1. The largest absolute Gasteiger partial charge is 0.369 e. The number of halogens is 3. The average molecular weight is 458 g/mol. The third-order valence-electron chi connectivity index (χ3n) is 4.53. The molecule has 3 N–H and O–H groups in total. The maximum Gasteiger partial charge on any atom is 0.277 e. The number of aromatic nitrogens is 1. The molecule has 30 heavy (non-hydrogen) atoms. The van der Waals surface area contributed by atoms with Crippen LogP contribution in [0.5, 0.6) is 0 Å². The van der Waals surface area contributed by atoms with Gasteiger partial charge < -0.3 is 11.1 Å². The maximum absolute atomic E-state index is 14.6. The first-order valence-corrected chi connectivity index (χ1v) is 10.7. The van der Waals surface area contributed by atoms with Gasteiger partial charge in [0.05, 0.1) is 10.8 Å². The number of nitrogens with two attached hydrogens (primary N) is 1. The van der Waals surface area contributed by atoms with E-state index in [1.54, 1.807) is 6.92 Å². The summed E-state index contributed by atoms with van der Waals surface area (Å²) in [4.78, 5) is 20.2. The van der Waals surface area contributed by atoms with Gasteiger partial charge in [0, 0.05) is 24.0 Å². The molecular weight excluding hydrogens is 440 g/mol. The van der Waals surface area contributed by atoms with Crippen LogP contribution in [-0.2, 0) is 15.6 Å². The lowest BCUT2D eigenvalue weighted by molar-refractivity contribution is 0.101. The summed E-state index contributed by atoms with van der Waals surface area (Å²) in [5, 5.41) is 2.43. The van der Waals surface area contributed by atoms with Crippen molar-refractivity contribution < 1.29 is 22.0 Å². The van der Waals surface area contributed by atoms with Gasteiger partial charge in [-0.1, -0.05) is 11.6 Å². The van der Waals surface area contributed by atoms with E-state index in [2.05, 4.69) is 15.3 Å². The molecule has 1 aliphatic heterocycles. The Morgan fingerprint density at radius 3 is 2.63 bits per heavy atom. The van der Waals surface area contributed by atoms with E-state index in [-0.39, 0.29) is 28.8 Å². The number of nitrogens with one attached hydrogen (secondary N) is 1. The summed E-state index contributed by atoms with van der Waals surface area (Å²) in [7, 11) is -3.83. The predicted molar refractivity (Wildman–Crippen MR) is 109 cm³/mol. The van der Waals surface area contributed by atoms with Crippen LogP contribution in [0.3, 0.4) is 0 Å². The van der Waals surface area contributed by atoms with E-state index in [0.717, 1.165) is 22.6 Å². The van der Waals surface area contributed by atoms with Crippen LogP contribution in [-0.4, -0.2) is 41.9 Å². The Kier molecular flexibility index (Phi) is 5.70. The van der Waals surface area contributed by atoms with Crippen molar-refractivity contribution in [3.05, 3.63) is 58.4 Å². The Hall–Kier alpha value is -2.79. The summed E-state index contributed by atoms with van der Waals surface area (Å²) >= 11 is 5.63. The van der Waals surface area contributed by atoms with Crippen molar-refractivity contribution in [2.24, 2.45) is 10.7 Å². The molecule has 1 unspecified atom stereocenters. The quantitative estimate of drug-likeness (QED) is 0.731. The second-order valence-electron chi connectivity index (χ2n) is 6.80. The van der Waals surface area contributed by atoms with Crippen LogP contribution in [0.1, 0.15) is 29.9 Å². The van der Waals surface area contributed by atoms with Crippen molar-refractivity contribution >= 4 is 39.2 Å². The summed E-state index contributed by atoms with van der Waals surface area (Å²) in [5.41, 5.74) is 3.77. The lowest BCUT2D eigenvalue weighted by atomic mass is 9.93. The standard InChI is InChI=1S/C18H18ClF2N5O3S/c1-3-26-17(22)25-18(2,9-30(26,28)29)12-7-11(4-5-13(12)20)24-16(27)15-14(21)6-10(19)8-23-15/h4-8H,3,9H2,1-2H3,(H2,22,25)(H,24,27). The number of guanidine groups is 1. The fourth-order valence-electron chi connectivity index (χ4n) is 3.20. The van der Waals surface area contributed by atoms with E-state index in [9.17, 15) is 22.0 Å². The first-order valence-electron chi connectivity index (χ1n) is 8.75. The van der Waals surface area contributed by atoms with Gasteiger partial charge in [-0.25, -0.2) is 31.5 Å². The van der Waals surface area contributed by atoms with Crippen molar-refractivity contribution in [3.63, 3.8) is 0 Å². The van der Waals surface area contributed by atoms with Gasteiger partial charge in [0.15, 0.2) is 11.5 Å². The zero-order valence-electron chi connectivity index (χ0n) is 16.0. The van der Waals surface area contributed by atoms with Crippen molar-refractivity contribution in [2.75, 3.05) is 17.6 Å². The summed E-state index contributed by atoms with van der Waals surface area (Å²) in [5.74, 6) is -3.32. The minimum atomic E-state index is -3.83. The molecule has 0 radical (unpaired) electrons. The molecule has 0 saturated heterocycles. The fourth-order valence-corrected chi connectivity index (χ4v) is 5.15. The Morgan fingerprint density at radius 2 is 2.03 bits per heavy atom. The van der Waals surface area contributed by atoms with Gasteiger partial charge in [0.1, 0.15) is 11.4 Å². The minimum absolute atomic E-state index is 0.0242. The van der Waals surface area contributed by atoms with Crippen LogP contribution in [0.4, 0.5) is 14.5 Å². The molecule has 8 nitrogen and oxygen atoms in total. The number of sulfonamides is 1. The highest BCUT2D eigenvalue weighted by Crippen LogP contribution is 2.35. The first-order chi connectivity index (χ1) is 14.0. The number of anilines is 1. The number of benzene rings is 1. The molecule has 0 fully saturated rings. The molecule has 2 aromatic rings. The SMILES string of the molecule is CCN1C(N)=NC(C)(c2cc(NC(=O)c3ncc(Cl)cc3F)ccc2F)CS1(=O)=O. The molecule has 3 rings (SSSR count). The Morgan fingerprint density at radius 1 is 1.33 bits per heavy atom. The zero-order valence-corrected chi connectivity index (χ0v) is 17.6. The molecule has 1 atom stereocenters. The molecule has 1 aromatic heterocycles. The highest BCUT2D eigenvalue weighted by atomic mass is 35.5. The first kappa shape index (κ1) is 21.9. The van der Waals surface area contributed by atoms with Crippen molar-refractivity contribution in [2.45, 2.75) is 19.4 Å². The monoisotopic (exact) mass is 457 g/mol. The number of hydrogen-bond acceptors (Lipinski definition) is 6. The second kappa shape index (κ2) is 7.80. The molecule has 0 spiro atoms. The van der Waals surface area contributed by atoms with Crippen LogP contribution in [0.15, 0.2) is 35.5 Å². The average Bonchev–Trinajstić information content (AvgIpc) is 2.61. The van der Waals surface area contributed by atoms with Gasteiger partial charge in [0.2, 0.25) is 16.0 Å². The highest BCUT2D eigenvalue weighted by molar-refractivity contribution is 7.89. The van der Waals surface area contributed by atoms with Crippen LogP contribution in [0.25, 0.3) is 0 Å². The molecule has 2 heterocycles. The van der Waals surface area contributed by atoms with Crippen LogP contribution >= 0.6 is 11.6 Å². The molecule has 160 valence electrons. The van der Waals surface area contributed by atoms with E-state index in [1.165, 1.54) is 19.1 Å². The highest BCUT2D eigenvalue weighted by Gasteiger charge is 2.42. The molecule has 1 amide bonds. The van der Waals surface area contributed by atoms with Crippen LogP contribution in [0.2, 0.25) is 5.02 Å². The summed E-state index contributed by atoms with van der Waals surface area (Å²) < 4.78 is 54.6. The second-order valence-corrected chi connectivity index (χ2v) is 9.13. The smallest absolute Gasteiger partial charge is 0.277 e. The topological polar surface area (TPSA) is 118 Å². The lowest BCUT2D eigenvalue weighted by Gasteiger charge is -2.36. The normalized spacial score (nSPS) is 20.6. The van der Waals surface area contributed by atoms with E-state index in [4.69, 9.17) is 17.3 Å². The van der Waals surface area contributed by atoms with Gasteiger partial charge >= 0.3 is 0 Å². The summed E-state index contributed by atoms with van der Waals surface area (Å²) in [6.45, 7) is 3.12. The number of hydrogen-bond donors (Lipinski definition) is 2. The Labute approximate surface area is 176 Å². The number of rotatable bonds is 4. The van der Waals surface area contributed by atoms with E-state index in [0.29, 0.717) is 0 Å². The molecule has 0 aliphatic carbocycles. The Bertz CT molecular complexity index is 1160. The number of aliphatic imine (C=N–C) groups is 1. The van der Waals surface area contributed by atoms with Crippen LogP contribution < -0.4 is 11.1 Å². The van der Waals surface area contributed by atoms with Crippen LogP contribution in [0, 0.1) is 11.6 Å². The van der Waals surface area contributed by atoms with E-state index >= 15 is 0 Å².